The molecule has 0 heterocycles. The van der Waals surface area contributed by atoms with E-state index in [0.717, 1.165) is 57.8 Å². The van der Waals surface area contributed by atoms with Gasteiger partial charge in [0.1, 0.15) is 6.61 Å². The van der Waals surface area contributed by atoms with Crippen LogP contribution in [0.4, 0.5) is 0 Å². The highest BCUT2D eigenvalue weighted by atomic mass is 31.2. The zero-order valence-corrected chi connectivity index (χ0v) is 37.7. The quantitative estimate of drug-likeness (QED) is 0.0153. The molecule has 0 aliphatic heterocycles. The summed E-state index contributed by atoms with van der Waals surface area (Å²) in [5.74, 6) is -1.07. The lowest BCUT2D eigenvalue weighted by Gasteiger charge is -2.19. The first kappa shape index (κ1) is 57.1. The van der Waals surface area contributed by atoms with Crippen molar-refractivity contribution in [3.8, 4) is 0 Å². The zero-order valence-electron chi connectivity index (χ0n) is 36.8. The highest BCUT2D eigenvalue weighted by Crippen LogP contribution is 2.43. The average molecular weight is 870 g/mol. The molecule has 0 aliphatic rings. The van der Waals surface area contributed by atoms with Crippen molar-refractivity contribution in [2.24, 2.45) is 5.73 Å². The third-order valence-electron chi connectivity index (χ3n) is 8.21. The van der Waals surface area contributed by atoms with Crippen molar-refractivity contribution in [3.05, 3.63) is 134 Å². The van der Waals surface area contributed by atoms with Crippen molar-refractivity contribution in [1.82, 2.24) is 0 Å². The van der Waals surface area contributed by atoms with Crippen LogP contribution in [0.2, 0.25) is 0 Å². The number of rotatable bonds is 38. The molecule has 0 aromatic rings. The van der Waals surface area contributed by atoms with E-state index >= 15 is 0 Å². The van der Waals surface area contributed by atoms with Gasteiger partial charge in [-0.3, -0.25) is 18.6 Å². The molecule has 0 saturated heterocycles. The van der Waals surface area contributed by atoms with Crippen molar-refractivity contribution >= 4 is 19.8 Å². The number of carbonyl (C=O) groups is 2. The van der Waals surface area contributed by atoms with E-state index in [1.165, 1.54) is 0 Å². The molecule has 0 aromatic heterocycles. The van der Waals surface area contributed by atoms with Crippen molar-refractivity contribution in [2.75, 3.05) is 26.4 Å². The van der Waals surface area contributed by atoms with Gasteiger partial charge in [-0.15, -0.1) is 0 Å². The van der Waals surface area contributed by atoms with Crippen molar-refractivity contribution in [1.29, 1.82) is 0 Å². The topological polar surface area (TPSA) is 175 Å². The molecule has 0 saturated carbocycles. The molecule has 0 radical (unpaired) electrons. The van der Waals surface area contributed by atoms with E-state index in [2.05, 4.69) is 74.6 Å². The molecule has 0 fully saturated rings. The third kappa shape index (κ3) is 42.5. The highest BCUT2D eigenvalue weighted by molar-refractivity contribution is 7.47. The number of unbranched alkanes of at least 4 members (excludes halogenated alkanes) is 4. The minimum absolute atomic E-state index is 0.00972. The maximum Gasteiger partial charge on any atom is 0.472 e. The van der Waals surface area contributed by atoms with E-state index in [-0.39, 0.29) is 32.6 Å². The fourth-order valence-corrected chi connectivity index (χ4v) is 5.75. The summed E-state index contributed by atoms with van der Waals surface area (Å²) in [7, 11) is -4.45. The number of aliphatic hydroxyl groups excluding tert-OH is 2. The fourth-order valence-electron chi connectivity index (χ4n) is 4.99. The number of aliphatic hydroxyl groups is 2. The molecule has 342 valence electrons. The Hall–Kier alpha value is -3.93. The van der Waals surface area contributed by atoms with Crippen LogP contribution < -0.4 is 5.73 Å². The van der Waals surface area contributed by atoms with Gasteiger partial charge in [-0.1, -0.05) is 154 Å². The van der Waals surface area contributed by atoms with Gasteiger partial charge in [0.25, 0.3) is 0 Å². The Balaban J connectivity index is 4.49. The van der Waals surface area contributed by atoms with Crippen LogP contribution in [0.1, 0.15) is 117 Å². The van der Waals surface area contributed by atoms with Gasteiger partial charge < -0.3 is 30.3 Å². The van der Waals surface area contributed by atoms with Gasteiger partial charge in [-0.25, -0.2) is 4.57 Å². The van der Waals surface area contributed by atoms with Crippen LogP contribution in [0.5, 0.6) is 0 Å². The number of carbonyl (C=O) groups excluding carboxylic acids is 2. The molecule has 0 aliphatic carbocycles. The van der Waals surface area contributed by atoms with Crippen LogP contribution in [0, 0.1) is 0 Å². The van der Waals surface area contributed by atoms with Crippen LogP contribution in [-0.4, -0.2) is 71.7 Å². The predicted octanol–water partition coefficient (Wildman–Crippen LogP) is 10.7. The standard InChI is InChI=1S/C49H76NO10P/c1-3-5-7-8-9-10-11-12-13-14-15-16-17-18-19-20-24-27-33-40-49(54)60-47(44-59-61(55,56)58-42-41-50)43-57-48(53)39-34-28-32-38-46(52)37-31-26-23-21-22-25-30-36-45(51)35-29-6-4-2/h5-7,9-10,12-13,15-16,18-19,22-23,25-26,29-32,36-38,45-47,51-52H,3-4,8,11,14,17,20-21,24,27-28,33-35,39-44,50H2,1-2H3,(H,55,56)/b7-5-,10-9-,13-12-,16-15-,19-18-,25-22-,26-23-,29-6-,36-30+,37-31+,38-32-/t45-,46-,47-/m1/s1. The molecule has 1 unspecified atom stereocenters. The van der Waals surface area contributed by atoms with E-state index in [0.29, 0.717) is 32.1 Å². The van der Waals surface area contributed by atoms with Gasteiger partial charge in [0, 0.05) is 19.4 Å². The molecule has 0 spiro atoms. The first-order valence-electron chi connectivity index (χ1n) is 21.9. The van der Waals surface area contributed by atoms with Crippen LogP contribution >= 0.6 is 7.82 Å². The molecular weight excluding hydrogens is 794 g/mol. The Bertz CT molecular complexity index is 1490. The summed E-state index contributed by atoms with van der Waals surface area (Å²) >= 11 is 0. The van der Waals surface area contributed by atoms with Crippen LogP contribution in [0.3, 0.4) is 0 Å². The second-order valence-corrected chi connectivity index (χ2v) is 15.3. The molecule has 0 amide bonds. The first-order chi connectivity index (χ1) is 29.6. The molecular formula is C49H76NO10P. The molecule has 61 heavy (non-hydrogen) atoms. The van der Waals surface area contributed by atoms with Crippen LogP contribution in [0.15, 0.2) is 134 Å². The minimum atomic E-state index is -4.45. The maximum absolute atomic E-state index is 12.6. The number of nitrogens with two attached hydrogens (primary N) is 1. The fraction of sp³-hybridized carbons (Fsp3) is 0.510. The number of esters is 2. The minimum Gasteiger partial charge on any atom is -0.462 e. The lowest BCUT2D eigenvalue weighted by Crippen LogP contribution is -2.29. The molecule has 0 rings (SSSR count). The van der Waals surface area contributed by atoms with Crippen molar-refractivity contribution in [2.45, 2.75) is 135 Å². The molecule has 4 atom stereocenters. The SMILES string of the molecule is CC/C=C\C/C=C\C/C=C\C/C=C\C/C=C\CCCCCC(=O)O[C@H](COC(=O)CCC/C=C\[C@H](O)/C=C/C=C\C/C=C\C=C\[C@H](O)C/C=C\CC)COP(=O)(O)OCCN. The largest absolute Gasteiger partial charge is 0.472 e. The highest BCUT2D eigenvalue weighted by Gasteiger charge is 2.26. The van der Waals surface area contributed by atoms with Gasteiger partial charge in [0.2, 0.25) is 0 Å². The van der Waals surface area contributed by atoms with Gasteiger partial charge in [-0.05, 0) is 83.5 Å². The summed E-state index contributed by atoms with van der Waals surface area (Å²) < 4.78 is 32.6. The van der Waals surface area contributed by atoms with Gasteiger partial charge >= 0.3 is 19.8 Å². The summed E-state index contributed by atoms with van der Waals surface area (Å²) in [4.78, 5) is 34.9. The van der Waals surface area contributed by atoms with Gasteiger partial charge in [-0.2, -0.15) is 0 Å². The number of phosphoric ester groups is 1. The lowest BCUT2D eigenvalue weighted by molar-refractivity contribution is -0.161. The smallest absolute Gasteiger partial charge is 0.462 e. The second-order valence-electron chi connectivity index (χ2n) is 13.8. The predicted molar refractivity (Wildman–Crippen MR) is 249 cm³/mol. The molecule has 11 nitrogen and oxygen atoms in total. The number of allylic oxidation sites excluding steroid dienone is 18. The van der Waals surface area contributed by atoms with Gasteiger partial charge in [0.15, 0.2) is 6.10 Å². The normalized spacial score (nSPS) is 15.6. The Morgan fingerprint density at radius 1 is 0.590 bits per heavy atom. The Morgan fingerprint density at radius 2 is 1.15 bits per heavy atom. The van der Waals surface area contributed by atoms with E-state index in [1.54, 1.807) is 30.4 Å². The number of ether oxygens (including phenoxy) is 2. The summed E-state index contributed by atoms with van der Waals surface area (Å²) in [6, 6.07) is 0. The van der Waals surface area contributed by atoms with Crippen molar-refractivity contribution in [3.63, 3.8) is 0 Å². The third-order valence-corrected chi connectivity index (χ3v) is 9.19. The first-order valence-corrected chi connectivity index (χ1v) is 23.4. The number of hydrogen-bond donors (Lipinski definition) is 4. The summed E-state index contributed by atoms with van der Waals surface area (Å²) in [5.41, 5.74) is 5.33. The Labute approximate surface area is 367 Å². The van der Waals surface area contributed by atoms with Crippen LogP contribution in [-0.2, 0) is 32.7 Å². The van der Waals surface area contributed by atoms with E-state index in [4.69, 9.17) is 24.3 Å². The summed E-state index contributed by atoms with van der Waals surface area (Å²) in [6.45, 7) is 3.12. The lowest BCUT2D eigenvalue weighted by atomic mass is 10.1. The molecule has 0 aromatic carbocycles. The molecule has 0 bridgehead atoms. The second kappa shape index (κ2) is 42.7. The monoisotopic (exact) mass is 870 g/mol. The van der Waals surface area contributed by atoms with E-state index in [9.17, 15) is 29.3 Å². The zero-order chi connectivity index (χ0) is 44.9. The summed E-state index contributed by atoms with van der Waals surface area (Å²) in [6.07, 6.45) is 52.7. The van der Waals surface area contributed by atoms with Crippen LogP contribution in [0.25, 0.3) is 0 Å². The molecule has 12 heteroatoms. The maximum atomic E-state index is 12.6. The Morgan fingerprint density at radius 3 is 1.79 bits per heavy atom. The van der Waals surface area contributed by atoms with Gasteiger partial charge in [0.05, 0.1) is 25.4 Å². The molecule has 5 N–H and O–H groups in total. The van der Waals surface area contributed by atoms with E-state index in [1.807, 2.05) is 42.5 Å². The average Bonchev–Trinajstić information content (AvgIpc) is 3.24. The summed E-state index contributed by atoms with van der Waals surface area (Å²) in [5, 5.41) is 20.0. The number of phosphoric acid groups is 1. The number of hydrogen-bond acceptors (Lipinski definition) is 10. The Kier molecular flexibility index (Phi) is 40.0. The van der Waals surface area contributed by atoms with E-state index < -0.39 is 44.7 Å². The van der Waals surface area contributed by atoms with Crippen molar-refractivity contribution < 1.29 is 47.8 Å².